The number of fused-ring (bicyclic) bond motifs is 1. The number of carbonyl (C=O) groups excluding carboxylic acids is 1. The number of aromatic nitrogens is 4. The average molecular weight is 384 g/mol. The van der Waals surface area contributed by atoms with Crippen molar-refractivity contribution in [2.24, 2.45) is 0 Å². The molecule has 128 valence electrons. The summed E-state index contributed by atoms with van der Waals surface area (Å²) < 4.78 is 1.64. The molecule has 1 aliphatic heterocycles. The van der Waals surface area contributed by atoms with Gasteiger partial charge in [0.05, 0.1) is 16.3 Å². The quantitative estimate of drug-likeness (QED) is 0.625. The number of rotatable bonds is 5. The molecule has 1 aliphatic rings. The van der Waals surface area contributed by atoms with Gasteiger partial charge >= 0.3 is 0 Å². The van der Waals surface area contributed by atoms with Crippen molar-refractivity contribution < 1.29 is 4.79 Å². The Labute approximate surface area is 151 Å². The molecule has 0 spiro atoms. The third-order valence-electron chi connectivity index (χ3n) is 3.38. The minimum absolute atomic E-state index is 0.000457. The zero-order chi connectivity index (χ0) is 17.3. The topological polar surface area (TPSA) is 89.8 Å². The minimum atomic E-state index is -0.184. The molecule has 0 aromatic carbocycles. The summed E-state index contributed by atoms with van der Waals surface area (Å²) >= 11 is 4.19. The highest BCUT2D eigenvalue weighted by molar-refractivity contribution is 8.00. The van der Waals surface area contributed by atoms with Crippen molar-refractivity contribution in [3.8, 4) is 0 Å². The number of amides is 1. The van der Waals surface area contributed by atoms with Crippen molar-refractivity contribution in [1.82, 2.24) is 19.7 Å². The summed E-state index contributed by atoms with van der Waals surface area (Å²) in [7, 11) is 0. The van der Waals surface area contributed by atoms with Crippen LogP contribution in [0.15, 0.2) is 14.8 Å². The predicted octanol–water partition coefficient (Wildman–Crippen LogP) is 2.19. The van der Waals surface area contributed by atoms with E-state index in [0.29, 0.717) is 22.1 Å². The average Bonchev–Trinajstić information content (AvgIpc) is 3.10. The van der Waals surface area contributed by atoms with Crippen LogP contribution in [0.5, 0.6) is 0 Å². The van der Waals surface area contributed by atoms with E-state index < -0.39 is 0 Å². The Morgan fingerprint density at radius 2 is 2.25 bits per heavy atom. The molecule has 2 aromatic rings. The number of thioether (sulfide) groups is 2. The Morgan fingerprint density at radius 1 is 1.46 bits per heavy atom. The number of hydrogen-bond donors (Lipinski definition) is 1. The van der Waals surface area contributed by atoms with Crippen LogP contribution < -0.4 is 10.9 Å². The summed E-state index contributed by atoms with van der Waals surface area (Å²) in [6.07, 6.45) is 0.795. The molecular weight excluding hydrogens is 366 g/mol. The maximum atomic E-state index is 12.6. The minimum Gasteiger partial charge on any atom is -0.300 e. The van der Waals surface area contributed by atoms with Gasteiger partial charge in [0.2, 0.25) is 11.0 Å². The first-order valence-electron chi connectivity index (χ1n) is 7.51. The van der Waals surface area contributed by atoms with Crippen LogP contribution in [0.25, 0.3) is 0 Å². The Morgan fingerprint density at radius 3 is 2.92 bits per heavy atom. The molecule has 3 rings (SSSR count). The lowest BCUT2D eigenvalue weighted by molar-refractivity contribution is -0.113. The molecule has 0 fully saturated rings. The van der Waals surface area contributed by atoms with E-state index in [1.165, 1.54) is 23.1 Å². The molecule has 3 heterocycles. The van der Waals surface area contributed by atoms with Crippen LogP contribution in [0.4, 0.5) is 5.13 Å². The van der Waals surface area contributed by atoms with E-state index in [4.69, 9.17) is 0 Å². The van der Waals surface area contributed by atoms with Crippen molar-refractivity contribution in [2.75, 3.05) is 11.1 Å². The van der Waals surface area contributed by atoms with Crippen LogP contribution in [0.1, 0.15) is 24.5 Å². The Kier molecular flexibility index (Phi) is 5.26. The van der Waals surface area contributed by atoms with Crippen LogP contribution in [-0.2, 0) is 17.8 Å². The molecule has 1 atom stereocenters. The summed E-state index contributed by atoms with van der Waals surface area (Å²) in [5.41, 5.74) is 0.851. The maximum absolute atomic E-state index is 12.6. The van der Waals surface area contributed by atoms with Gasteiger partial charge in [0, 0.05) is 18.2 Å². The van der Waals surface area contributed by atoms with E-state index in [2.05, 4.69) is 27.4 Å². The van der Waals surface area contributed by atoms with Crippen molar-refractivity contribution in [3.63, 3.8) is 0 Å². The van der Waals surface area contributed by atoms with Gasteiger partial charge in [0.15, 0.2) is 5.16 Å². The SMILES string of the molecule is CCn1c(SCC(=O)Nc2nnc(C)s2)nc2c(c1=O)S[C@H](C)C2. The Hall–Kier alpha value is -1.39. The number of nitrogens with one attached hydrogen (secondary N) is 1. The van der Waals surface area contributed by atoms with Gasteiger partial charge in [-0.05, 0) is 13.8 Å². The summed E-state index contributed by atoms with van der Waals surface area (Å²) in [5, 5.41) is 12.7. The Balaban J connectivity index is 1.73. The number of hydrogen-bond acceptors (Lipinski definition) is 8. The lowest BCUT2D eigenvalue weighted by atomic mass is 10.2. The Bertz CT molecular complexity index is 832. The lowest BCUT2D eigenvalue weighted by Gasteiger charge is -2.11. The zero-order valence-electron chi connectivity index (χ0n) is 13.5. The number of anilines is 1. The summed E-state index contributed by atoms with van der Waals surface area (Å²) in [5.74, 6) is -0.0108. The van der Waals surface area contributed by atoms with Gasteiger partial charge in [-0.25, -0.2) is 4.98 Å². The molecule has 0 bridgehead atoms. The standard InChI is InChI=1S/C14H17N5O2S3/c1-4-19-12(21)11-9(5-7(2)23-11)15-14(19)22-6-10(20)16-13-18-17-8(3)24-13/h7H,4-6H2,1-3H3,(H,16,18,20)/t7-/m1/s1. The molecule has 2 aromatic heterocycles. The molecule has 1 amide bonds. The van der Waals surface area contributed by atoms with E-state index in [0.717, 1.165) is 22.0 Å². The first-order chi connectivity index (χ1) is 11.5. The molecule has 0 saturated carbocycles. The first-order valence-corrected chi connectivity index (χ1v) is 10.2. The van der Waals surface area contributed by atoms with Crippen molar-refractivity contribution in [1.29, 1.82) is 0 Å². The highest BCUT2D eigenvalue weighted by Gasteiger charge is 2.26. The van der Waals surface area contributed by atoms with Gasteiger partial charge in [-0.1, -0.05) is 30.0 Å². The summed E-state index contributed by atoms with van der Waals surface area (Å²) in [6.45, 7) is 6.36. The predicted molar refractivity (Wildman–Crippen MR) is 97.2 cm³/mol. The van der Waals surface area contributed by atoms with E-state index in [1.54, 1.807) is 16.3 Å². The fourth-order valence-corrected chi connectivity index (χ4v) is 4.96. The first kappa shape index (κ1) is 17.4. The van der Waals surface area contributed by atoms with E-state index >= 15 is 0 Å². The second-order valence-corrected chi connectivity index (χ2v) is 8.89. The number of carbonyl (C=O) groups is 1. The van der Waals surface area contributed by atoms with E-state index in [9.17, 15) is 9.59 Å². The summed E-state index contributed by atoms with van der Waals surface area (Å²) in [6, 6.07) is 0. The molecular formula is C14H17N5O2S3. The fourth-order valence-electron chi connectivity index (χ4n) is 2.35. The van der Waals surface area contributed by atoms with Crippen molar-refractivity contribution in [2.45, 2.75) is 49.0 Å². The van der Waals surface area contributed by atoms with Gasteiger partial charge in [-0.15, -0.1) is 22.0 Å². The third-order valence-corrected chi connectivity index (χ3v) is 6.33. The van der Waals surface area contributed by atoms with Crippen LogP contribution in [0.2, 0.25) is 0 Å². The number of nitrogens with zero attached hydrogens (tertiary/aromatic N) is 4. The highest BCUT2D eigenvalue weighted by Crippen LogP contribution is 2.34. The molecule has 0 unspecified atom stereocenters. The second-order valence-electron chi connectivity index (χ2n) is 5.32. The van der Waals surface area contributed by atoms with Gasteiger partial charge in [0.25, 0.3) is 5.56 Å². The molecule has 0 radical (unpaired) electrons. The molecule has 0 saturated heterocycles. The van der Waals surface area contributed by atoms with Gasteiger partial charge in [-0.2, -0.15) is 0 Å². The lowest BCUT2D eigenvalue weighted by Crippen LogP contribution is -2.25. The molecule has 10 heteroatoms. The van der Waals surface area contributed by atoms with Crippen molar-refractivity contribution >= 4 is 45.9 Å². The molecule has 1 N–H and O–H groups in total. The van der Waals surface area contributed by atoms with Crippen molar-refractivity contribution in [3.05, 3.63) is 21.1 Å². The third kappa shape index (κ3) is 3.65. The van der Waals surface area contributed by atoms with Crippen LogP contribution in [0.3, 0.4) is 0 Å². The van der Waals surface area contributed by atoms with Crippen LogP contribution >= 0.6 is 34.9 Å². The largest absolute Gasteiger partial charge is 0.300 e. The van der Waals surface area contributed by atoms with Gasteiger partial charge in [-0.3, -0.25) is 19.5 Å². The van der Waals surface area contributed by atoms with Crippen LogP contribution in [0, 0.1) is 6.92 Å². The van der Waals surface area contributed by atoms with E-state index in [-0.39, 0.29) is 17.2 Å². The normalized spacial score (nSPS) is 16.2. The van der Waals surface area contributed by atoms with E-state index in [1.807, 2.05) is 13.8 Å². The monoisotopic (exact) mass is 383 g/mol. The molecule has 7 nitrogen and oxygen atoms in total. The fraction of sp³-hybridized carbons (Fsp3) is 0.500. The van der Waals surface area contributed by atoms with Gasteiger partial charge in [0.1, 0.15) is 5.01 Å². The van der Waals surface area contributed by atoms with Gasteiger partial charge < -0.3 is 0 Å². The molecule has 0 aliphatic carbocycles. The second kappa shape index (κ2) is 7.24. The summed E-state index contributed by atoms with van der Waals surface area (Å²) in [4.78, 5) is 30.0. The highest BCUT2D eigenvalue weighted by atomic mass is 32.2. The number of aryl methyl sites for hydroxylation is 1. The molecule has 24 heavy (non-hydrogen) atoms. The maximum Gasteiger partial charge on any atom is 0.268 e. The van der Waals surface area contributed by atoms with Crippen LogP contribution in [-0.4, -0.2) is 36.7 Å². The smallest absolute Gasteiger partial charge is 0.268 e. The zero-order valence-corrected chi connectivity index (χ0v) is 16.0.